The molecule has 1 aromatic carbocycles. The number of benzene rings is 1. The molecule has 4 nitrogen and oxygen atoms in total. The lowest BCUT2D eigenvalue weighted by Gasteiger charge is -2.35. The molecule has 0 unspecified atom stereocenters. The van der Waals surface area contributed by atoms with E-state index in [-0.39, 0.29) is 11.9 Å². The summed E-state index contributed by atoms with van der Waals surface area (Å²) in [5.41, 5.74) is 2.92. The molecule has 2 fully saturated rings. The second-order valence-electron chi connectivity index (χ2n) is 6.81. The Bertz CT molecular complexity index is 700. The largest absolute Gasteiger partial charge is 0.360 e. The monoisotopic (exact) mass is 310 g/mol. The van der Waals surface area contributed by atoms with Crippen LogP contribution in [0, 0.1) is 6.92 Å². The molecular weight excluding hydrogens is 288 g/mol. The Morgan fingerprint density at radius 2 is 1.96 bits per heavy atom. The fraction of sp³-hybridized carbons (Fsp3) is 0.474. The zero-order valence-electron chi connectivity index (χ0n) is 13.5. The molecule has 2 heterocycles. The van der Waals surface area contributed by atoms with E-state index in [1.165, 1.54) is 11.1 Å². The number of piperidine rings is 1. The van der Waals surface area contributed by atoms with Gasteiger partial charge in [0.05, 0.1) is 6.04 Å². The Hall–Kier alpha value is -2.10. The van der Waals surface area contributed by atoms with Gasteiger partial charge in [0, 0.05) is 18.5 Å². The molecule has 4 heteroatoms. The van der Waals surface area contributed by atoms with Gasteiger partial charge >= 0.3 is 0 Å². The molecule has 2 aromatic rings. The van der Waals surface area contributed by atoms with Crippen LogP contribution in [-0.2, 0) is 0 Å². The maximum absolute atomic E-state index is 12.9. The predicted octanol–water partition coefficient (Wildman–Crippen LogP) is 4.23. The van der Waals surface area contributed by atoms with Crippen LogP contribution in [0.5, 0.6) is 0 Å². The van der Waals surface area contributed by atoms with Crippen LogP contribution in [0.2, 0.25) is 0 Å². The van der Waals surface area contributed by atoms with E-state index >= 15 is 0 Å². The number of rotatable bonds is 3. The molecule has 0 N–H and O–H groups in total. The van der Waals surface area contributed by atoms with E-state index in [0.717, 1.165) is 44.4 Å². The highest BCUT2D eigenvalue weighted by Crippen LogP contribution is 2.40. The third kappa shape index (κ3) is 2.90. The van der Waals surface area contributed by atoms with Gasteiger partial charge in [0.1, 0.15) is 5.76 Å². The number of hydrogen-bond donors (Lipinski definition) is 0. The lowest BCUT2D eigenvalue weighted by atomic mass is 9.94. The minimum atomic E-state index is 0.00549. The summed E-state index contributed by atoms with van der Waals surface area (Å²) >= 11 is 0. The Kier molecular flexibility index (Phi) is 3.68. The predicted molar refractivity (Wildman–Crippen MR) is 87.3 cm³/mol. The summed E-state index contributed by atoms with van der Waals surface area (Å²) in [6.07, 6.45) is 5.54. The fourth-order valence-corrected chi connectivity index (χ4v) is 3.41. The molecule has 1 saturated heterocycles. The molecule has 1 aromatic heterocycles. The number of hydrogen-bond acceptors (Lipinski definition) is 3. The summed E-state index contributed by atoms with van der Waals surface area (Å²) < 4.78 is 5.36. The zero-order chi connectivity index (χ0) is 15.8. The molecule has 23 heavy (non-hydrogen) atoms. The average molecular weight is 310 g/mol. The first-order valence-corrected chi connectivity index (χ1v) is 8.56. The summed E-state index contributed by atoms with van der Waals surface area (Å²) in [5, 5.41) is 4.03. The third-order valence-electron chi connectivity index (χ3n) is 4.95. The van der Waals surface area contributed by atoms with Gasteiger partial charge in [-0.05, 0) is 44.6 Å². The Labute approximate surface area is 136 Å². The minimum Gasteiger partial charge on any atom is -0.360 e. The molecule has 0 spiro atoms. The summed E-state index contributed by atoms with van der Waals surface area (Å²) in [6, 6.07) is 10.5. The Balaban J connectivity index is 1.58. The van der Waals surface area contributed by atoms with E-state index in [1.807, 2.05) is 11.0 Å². The molecule has 120 valence electrons. The maximum atomic E-state index is 12.9. The van der Waals surface area contributed by atoms with Crippen LogP contribution in [0.1, 0.15) is 71.4 Å². The number of likely N-dealkylation sites (tertiary alicyclic amines) is 1. The van der Waals surface area contributed by atoms with Gasteiger partial charge in [-0.15, -0.1) is 0 Å². The number of carbonyl (C=O) groups excluding carboxylic acids is 1. The number of nitrogens with zero attached hydrogens (tertiary/aromatic N) is 2. The van der Waals surface area contributed by atoms with Crippen LogP contribution < -0.4 is 0 Å². The molecule has 1 aliphatic heterocycles. The van der Waals surface area contributed by atoms with Crippen molar-refractivity contribution in [1.29, 1.82) is 0 Å². The molecule has 1 amide bonds. The van der Waals surface area contributed by atoms with Crippen molar-refractivity contribution in [3.63, 3.8) is 0 Å². The summed E-state index contributed by atoms with van der Waals surface area (Å²) in [7, 11) is 0. The van der Waals surface area contributed by atoms with Crippen LogP contribution in [0.3, 0.4) is 0 Å². The molecule has 1 aliphatic carbocycles. The van der Waals surface area contributed by atoms with Crippen LogP contribution in [0.4, 0.5) is 0 Å². The first kappa shape index (κ1) is 14.5. The zero-order valence-corrected chi connectivity index (χ0v) is 13.5. The normalized spacial score (nSPS) is 21.4. The number of carbonyl (C=O) groups is 1. The van der Waals surface area contributed by atoms with Gasteiger partial charge in [0.15, 0.2) is 5.69 Å². The standard InChI is InChI=1S/C19H22N2O2/c1-13-5-7-14(8-6-13)17-4-2-3-11-21(17)19(22)16-12-18(23-20-16)15-9-10-15/h5-8,12,15,17H,2-4,9-11H2,1H3/t17-/m0/s1. The smallest absolute Gasteiger partial charge is 0.276 e. The topological polar surface area (TPSA) is 46.3 Å². The van der Waals surface area contributed by atoms with Crippen molar-refractivity contribution in [1.82, 2.24) is 10.1 Å². The minimum absolute atomic E-state index is 0.00549. The van der Waals surface area contributed by atoms with Crippen molar-refractivity contribution in [2.24, 2.45) is 0 Å². The van der Waals surface area contributed by atoms with Crippen LogP contribution >= 0.6 is 0 Å². The lowest BCUT2D eigenvalue weighted by molar-refractivity contribution is 0.0601. The number of aryl methyl sites for hydroxylation is 1. The molecule has 0 bridgehead atoms. The highest BCUT2D eigenvalue weighted by atomic mass is 16.5. The van der Waals surface area contributed by atoms with E-state index in [0.29, 0.717) is 11.6 Å². The van der Waals surface area contributed by atoms with E-state index < -0.39 is 0 Å². The van der Waals surface area contributed by atoms with Gasteiger partial charge in [0.25, 0.3) is 5.91 Å². The van der Waals surface area contributed by atoms with Crippen molar-refractivity contribution in [3.05, 3.63) is 52.9 Å². The highest BCUT2D eigenvalue weighted by molar-refractivity contribution is 5.92. The molecule has 0 radical (unpaired) electrons. The molecule has 1 saturated carbocycles. The van der Waals surface area contributed by atoms with Gasteiger partial charge in [-0.1, -0.05) is 35.0 Å². The Morgan fingerprint density at radius 3 is 2.70 bits per heavy atom. The molecule has 1 atom stereocenters. The SMILES string of the molecule is Cc1ccc([C@@H]2CCCCN2C(=O)c2cc(C3CC3)on2)cc1. The van der Waals surface area contributed by atoms with E-state index in [1.54, 1.807) is 0 Å². The van der Waals surface area contributed by atoms with Gasteiger partial charge in [-0.2, -0.15) is 0 Å². The van der Waals surface area contributed by atoms with E-state index in [4.69, 9.17) is 4.52 Å². The molecule has 4 rings (SSSR count). The molecule has 2 aliphatic rings. The van der Waals surface area contributed by atoms with Gasteiger partial charge < -0.3 is 9.42 Å². The fourth-order valence-electron chi connectivity index (χ4n) is 3.41. The maximum Gasteiger partial charge on any atom is 0.276 e. The van der Waals surface area contributed by atoms with Gasteiger partial charge in [-0.3, -0.25) is 4.79 Å². The van der Waals surface area contributed by atoms with Crippen molar-refractivity contribution < 1.29 is 9.32 Å². The van der Waals surface area contributed by atoms with Crippen molar-refractivity contribution in [2.75, 3.05) is 6.54 Å². The number of aromatic nitrogens is 1. The van der Waals surface area contributed by atoms with Gasteiger partial charge in [-0.25, -0.2) is 0 Å². The average Bonchev–Trinajstić information content (AvgIpc) is 3.32. The Morgan fingerprint density at radius 1 is 1.17 bits per heavy atom. The second kappa shape index (κ2) is 5.84. The lowest BCUT2D eigenvalue weighted by Crippen LogP contribution is -2.38. The first-order chi connectivity index (χ1) is 11.2. The van der Waals surface area contributed by atoms with E-state index in [9.17, 15) is 4.79 Å². The first-order valence-electron chi connectivity index (χ1n) is 8.56. The molecular formula is C19H22N2O2. The van der Waals surface area contributed by atoms with E-state index in [2.05, 4.69) is 36.3 Å². The van der Waals surface area contributed by atoms with Crippen LogP contribution in [0.15, 0.2) is 34.9 Å². The third-order valence-corrected chi connectivity index (χ3v) is 4.95. The summed E-state index contributed by atoms with van der Waals surface area (Å²) in [5.74, 6) is 1.36. The summed E-state index contributed by atoms with van der Waals surface area (Å²) in [4.78, 5) is 14.9. The summed E-state index contributed by atoms with van der Waals surface area (Å²) in [6.45, 7) is 2.88. The van der Waals surface area contributed by atoms with Crippen molar-refractivity contribution >= 4 is 5.91 Å². The van der Waals surface area contributed by atoms with Crippen molar-refractivity contribution in [2.45, 2.75) is 51.0 Å². The number of amides is 1. The van der Waals surface area contributed by atoms with Gasteiger partial charge in [0.2, 0.25) is 0 Å². The van der Waals surface area contributed by atoms with Crippen LogP contribution in [0.25, 0.3) is 0 Å². The highest BCUT2D eigenvalue weighted by Gasteiger charge is 2.33. The second-order valence-corrected chi connectivity index (χ2v) is 6.81. The van der Waals surface area contributed by atoms with Crippen LogP contribution in [-0.4, -0.2) is 22.5 Å². The van der Waals surface area contributed by atoms with Crippen molar-refractivity contribution in [3.8, 4) is 0 Å². The quantitative estimate of drug-likeness (QED) is 0.852.